The van der Waals surface area contributed by atoms with Crippen molar-refractivity contribution in [3.63, 3.8) is 0 Å². The lowest BCUT2D eigenvalue weighted by molar-refractivity contribution is 0.102. The Morgan fingerprint density at radius 3 is 2.83 bits per heavy atom. The summed E-state index contributed by atoms with van der Waals surface area (Å²) in [4.78, 5) is 18.8. The van der Waals surface area contributed by atoms with E-state index in [0.29, 0.717) is 35.4 Å². The summed E-state index contributed by atoms with van der Waals surface area (Å²) >= 11 is 6.12. The van der Waals surface area contributed by atoms with Crippen molar-refractivity contribution in [2.24, 2.45) is 0 Å². The second kappa shape index (κ2) is 7.51. The summed E-state index contributed by atoms with van der Waals surface area (Å²) in [6.45, 7) is 2.96. The molecule has 24 heavy (non-hydrogen) atoms. The van der Waals surface area contributed by atoms with Crippen LogP contribution in [0.5, 0.6) is 5.75 Å². The highest BCUT2D eigenvalue weighted by atomic mass is 35.5. The minimum atomic E-state index is -0.319. The van der Waals surface area contributed by atoms with E-state index in [1.165, 1.54) is 0 Å². The van der Waals surface area contributed by atoms with Gasteiger partial charge in [0.05, 0.1) is 31.0 Å². The highest BCUT2D eigenvalue weighted by Gasteiger charge is 2.15. The van der Waals surface area contributed by atoms with Crippen molar-refractivity contribution in [3.05, 3.63) is 47.2 Å². The number of methoxy groups -OCH3 is 1. The zero-order chi connectivity index (χ0) is 16.9. The molecule has 1 aromatic carbocycles. The first-order chi connectivity index (χ1) is 11.7. The van der Waals surface area contributed by atoms with Gasteiger partial charge in [0.1, 0.15) is 11.4 Å². The van der Waals surface area contributed by atoms with Gasteiger partial charge in [-0.15, -0.1) is 0 Å². The molecular formula is C17H18ClN3O3. The quantitative estimate of drug-likeness (QED) is 0.921. The zero-order valence-electron chi connectivity index (χ0n) is 13.3. The minimum absolute atomic E-state index is 0.319. The van der Waals surface area contributed by atoms with Crippen molar-refractivity contribution in [1.82, 2.24) is 4.98 Å². The average Bonchev–Trinajstić information content (AvgIpc) is 2.64. The van der Waals surface area contributed by atoms with Gasteiger partial charge in [-0.1, -0.05) is 11.6 Å². The molecule has 1 aromatic heterocycles. The van der Waals surface area contributed by atoms with Gasteiger partial charge in [-0.3, -0.25) is 9.78 Å². The van der Waals surface area contributed by atoms with E-state index in [1.54, 1.807) is 37.6 Å². The Morgan fingerprint density at radius 1 is 1.29 bits per heavy atom. The van der Waals surface area contributed by atoms with Gasteiger partial charge in [0.15, 0.2) is 0 Å². The first kappa shape index (κ1) is 16.5. The Morgan fingerprint density at radius 2 is 2.08 bits per heavy atom. The fraction of sp³-hybridized carbons (Fsp3) is 0.294. The van der Waals surface area contributed by atoms with E-state index in [0.717, 1.165) is 18.8 Å². The first-order valence-corrected chi connectivity index (χ1v) is 7.99. The van der Waals surface area contributed by atoms with Crippen LogP contribution in [0.3, 0.4) is 0 Å². The summed E-state index contributed by atoms with van der Waals surface area (Å²) in [6.07, 6.45) is 1.63. The third-order valence-electron chi connectivity index (χ3n) is 3.77. The van der Waals surface area contributed by atoms with Crippen LogP contribution >= 0.6 is 11.6 Å². The molecule has 6 nitrogen and oxygen atoms in total. The number of carbonyl (C=O) groups excluding carboxylic acids is 1. The summed E-state index contributed by atoms with van der Waals surface area (Å²) in [5.41, 5.74) is 1.77. The van der Waals surface area contributed by atoms with Crippen LogP contribution in [0.1, 0.15) is 10.5 Å². The molecule has 0 aliphatic carbocycles. The molecule has 7 heteroatoms. The van der Waals surface area contributed by atoms with Crippen LogP contribution in [0.15, 0.2) is 36.5 Å². The van der Waals surface area contributed by atoms with Gasteiger partial charge in [-0.05, 0) is 24.3 Å². The maximum atomic E-state index is 12.5. The highest BCUT2D eigenvalue weighted by molar-refractivity contribution is 6.34. The fourth-order valence-electron chi connectivity index (χ4n) is 2.48. The van der Waals surface area contributed by atoms with Gasteiger partial charge in [0.2, 0.25) is 0 Å². The summed E-state index contributed by atoms with van der Waals surface area (Å²) in [5, 5.41) is 3.21. The maximum absolute atomic E-state index is 12.5. The molecule has 1 aliphatic rings. The number of nitrogens with one attached hydrogen (secondary N) is 1. The number of hydrogen-bond acceptors (Lipinski definition) is 5. The van der Waals surface area contributed by atoms with Crippen molar-refractivity contribution in [1.29, 1.82) is 0 Å². The smallest absolute Gasteiger partial charge is 0.274 e. The van der Waals surface area contributed by atoms with Gasteiger partial charge in [-0.25, -0.2) is 0 Å². The van der Waals surface area contributed by atoms with E-state index < -0.39 is 0 Å². The van der Waals surface area contributed by atoms with E-state index in [9.17, 15) is 4.79 Å². The lowest BCUT2D eigenvalue weighted by Crippen LogP contribution is -2.36. The second-order valence-electron chi connectivity index (χ2n) is 5.30. The predicted octanol–water partition coefficient (Wildman–Crippen LogP) is 2.83. The van der Waals surface area contributed by atoms with Gasteiger partial charge in [-0.2, -0.15) is 0 Å². The van der Waals surface area contributed by atoms with Crippen LogP contribution < -0.4 is 15.0 Å². The standard InChI is InChI=1S/C17H18ClN3O3/c1-23-13-2-3-14(18)15(11-13)20-17(22)16-10-12(4-5-19-16)21-6-8-24-9-7-21/h2-5,10-11H,6-9H2,1H3,(H,20,22). The number of carbonyl (C=O) groups is 1. The van der Waals surface area contributed by atoms with Crippen LogP contribution in [0.4, 0.5) is 11.4 Å². The van der Waals surface area contributed by atoms with Crippen molar-refractivity contribution in [3.8, 4) is 5.75 Å². The van der Waals surface area contributed by atoms with Gasteiger partial charge >= 0.3 is 0 Å². The largest absolute Gasteiger partial charge is 0.497 e. The van der Waals surface area contributed by atoms with E-state index in [2.05, 4.69) is 15.2 Å². The number of aromatic nitrogens is 1. The van der Waals surface area contributed by atoms with Gasteiger partial charge in [0, 0.05) is 31.0 Å². The van der Waals surface area contributed by atoms with Crippen molar-refractivity contribution in [2.45, 2.75) is 0 Å². The number of morpholine rings is 1. The molecule has 1 fully saturated rings. The number of hydrogen-bond donors (Lipinski definition) is 1. The number of pyridine rings is 1. The molecule has 0 radical (unpaired) electrons. The van der Waals surface area contributed by atoms with E-state index >= 15 is 0 Å². The molecular weight excluding hydrogens is 330 g/mol. The molecule has 0 saturated carbocycles. The Labute approximate surface area is 145 Å². The van der Waals surface area contributed by atoms with Gasteiger partial charge in [0.25, 0.3) is 5.91 Å². The normalized spacial score (nSPS) is 14.3. The molecule has 0 atom stereocenters. The molecule has 1 N–H and O–H groups in total. The van der Waals surface area contributed by atoms with E-state index in [4.69, 9.17) is 21.1 Å². The second-order valence-corrected chi connectivity index (χ2v) is 5.71. The molecule has 2 heterocycles. The number of rotatable bonds is 4. The summed E-state index contributed by atoms with van der Waals surface area (Å²) in [6, 6.07) is 8.74. The number of ether oxygens (including phenoxy) is 2. The summed E-state index contributed by atoms with van der Waals surface area (Å²) in [7, 11) is 1.56. The lowest BCUT2D eigenvalue weighted by atomic mass is 10.2. The molecule has 1 amide bonds. The summed E-state index contributed by atoms with van der Waals surface area (Å²) in [5.74, 6) is 0.296. The molecule has 0 unspecified atom stereocenters. The molecule has 0 bridgehead atoms. The molecule has 2 aromatic rings. The van der Waals surface area contributed by atoms with Crippen molar-refractivity contribution in [2.75, 3.05) is 43.6 Å². The third kappa shape index (κ3) is 3.77. The van der Waals surface area contributed by atoms with Crippen LogP contribution in [0.25, 0.3) is 0 Å². The Bertz CT molecular complexity index is 733. The monoisotopic (exact) mass is 347 g/mol. The average molecular weight is 348 g/mol. The van der Waals surface area contributed by atoms with Gasteiger partial charge < -0.3 is 19.7 Å². The number of halogens is 1. The lowest BCUT2D eigenvalue weighted by Gasteiger charge is -2.28. The SMILES string of the molecule is COc1ccc(Cl)c(NC(=O)c2cc(N3CCOCC3)ccn2)c1. The number of amides is 1. The van der Waals surface area contributed by atoms with Crippen molar-refractivity contribution < 1.29 is 14.3 Å². The number of nitrogens with zero attached hydrogens (tertiary/aromatic N) is 2. The summed E-state index contributed by atoms with van der Waals surface area (Å²) < 4.78 is 10.5. The topological polar surface area (TPSA) is 63.7 Å². The fourth-order valence-corrected chi connectivity index (χ4v) is 2.64. The van der Waals surface area contributed by atoms with Crippen LogP contribution in [-0.2, 0) is 4.74 Å². The molecule has 0 spiro atoms. The predicted molar refractivity (Wildman–Crippen MR) is 93.2 cm³/mol. The van der Waals surface area contributed by atoms with Crippen LogP contribution in [0, 0.1) is 0 Å². The van der Waals surface area contributed by atoms with Crippen molar-refractivity contribution >= 4 is 28.9 Å². The van der Waals surface area contributed by atoms with E-state index in [1.807, 2.05) is 6.07 Å². The number of benzene rings is 1. The van der Waals surface area contributed by atoms with E-state index in [-0.39, 0.29) is 5.91 Å². The molecule has 1 aliphatic heterocycles. The van der Waals surface area contributed by atoms with Crippen LogP contribution in [0.2, 0.25) is 5.02 Å². The molecule has 3 rings (SSSR count). The van der Waals surface area contributed by atoms with Crippen LogP contribution in [-0.4, -0.2) is 44.3 Å². The Kier molecular flexibility index (Phi) is 5.17. The number of anilines is 2. The Balaban J connectivity index is 1.77. The minimum Gasteiger partial charge on any atom is -0.497 e. The third-order valence-corrected chi connectivity index (χ3v) is 4.10. The maximum Gasteiger partial charge on any atom is 0.274 e. The zero-order valence-corrected chi connectivity index (χ0v) is 14.0. The Hall–Kier alpha value is -2.31. The highest BCUT2D eigenvalue weighted by Crippen LogP contribution is 2.27. The molecule has 1 saturated heterocycles. The first-order valence-electron chi connectivity index (χ1n) is 7.61. The molecule has 126 valence electrons.